The van der Waals surface area contributed by atoms with Crippen molar-refractivity contribution >= 4 is 0 Å². The lowest BCUT2D eigenvalue weighted by Gasteiger charge is -2.24. The minimum absolute atomic E-state index is 0.379. The molecule has 90 valence electrons. The number of aromatic nitrogens is 2. The van der Waals surface area contributed by atoms with Gasteiger partial charge in [-0.1, -0.05) is 12.1 Å². The summed E-state index contributed by atoms with van der Waals surface area (Å²) in [6, 6.07) is 0. The van der Waals surface area contributed by atoms with Crippen LogP contribution in [0, 0.1) is 0 Å². The van der Waals surface area contributed by atoms with Gasteiger partial charge < -0.3 is 14.6 Å². The molecule has 1 atom stereocenters. The van der Waals surface area contributed by atoms with Gasteiger partial charge in [-0.25, -0.2) is 0 Å². The molecule has 1 aliphatic rings. The first-order chi connectivity index (χ1) is 7.69. The van der Waals surface area contributed by atoms with E-state index in [2.05, 4.69) is 22.4 Å². The van der Waals surface area contributed by atoms with Crippen LogP contribution in [0.15, 0.2) is 4.52 Å². The van der Waals surface area contributed by atoms with Crippen LogP contribution in [-0.2, 0) is 10.3 Å². The number of hydrogen-bond acceptors (Lipinski definition) is 5. The van der Waals surface area contributed by atoms with Crippen LogP contribution < -0.4 is 5.32 Å². The Balaban J connectivity index is 2.15. The minimum atomic E-state index is -0.423. The van der Waals surface area contributed by atoms with Crippen LogP contribution in [0.2, 0.25) is 0 Å². The summed E-state index contributed by atoms with van der Waals surface area (Å²) in [4.78, 5) is 4.45. The summed E-state index contributed by atoms with van der Waals surface area (Å²) in [6.07, 6.45) is 0.836. The molecule has 0 aromatic carbocycles. The largest absolute Gasteiger partial charge is 0.367 e. The Labute approximate surface area is 95.6 Å². The van der Waals surface area contributed by atoms with E-state index in [0.717, 1.165) is 25.4 Å². The average molecular weight is 225 g/mol. The van der Waals surface area contributed by atoms with E-state index in [1.807, 2.05) is 13.8 Å². The van der Waals surface area contributed by atoms with Crippen LogP contribution >= 0.6 is 0 Å². The average Bonchev–Trinajstić information content (AvgIpc) is 2.65. The fraction of sp³-hybridized carbons (Fsp3) is 0.818. The first kappa shape index (κ1) is 11.5. The lowest BCUT2D eigenvalue weighted by atomic mass is 10.0. The summed E-state index contributed by atoms with van der Waals surface area (Å²) in [7, 11) is 0. The topological polar surface area (TPSA) is 60.2 Å². The highest BCUT2D eigenvalue weighted by molar-refractivity contribution is 5.05. The summed E-state index contributed by atoms with van der Waals surface area (Å²) in [5, 5.41) is 7.23. The Morgan fingerprint density at radius 1 is 1.50 bits per heavy atom. The highest BCUT2D eigenvalue weighted by Crippen LogP contribution is 2.28. The SMILES string of the molecule is CCOC(C)(CC)c1noc(C2CNC2)n1. The molecule has 0 aliphatic carbocycles. The maximum absolute atomic E-state index is 5.71. The molecule has 1 fully saturated rings. The number of nitrogens with one attached hydrogen (secondary N) is 1. The van der Waals surface area contributed by atoms with Crippen molar-refractivity contribution in [3.63, 3.8) is 0 Å². The van der Waals surface area contributed by atoms with Gasteiger partial charge in [-0.3, -0.25) is 0 Å². The van der Waals surface area contributed by atoms with Gasteiger partial charge in [0.25, 0.3) is 0 Å². The lowest BCUT2D eigenvalue weighted by molar-refractivity contribution is -0.0403. The quantitative estimate of drug-likeness (QED) is 0.821. The van der Waals surface area contributed by atoms with E-state index in [-0.39, 0.29) is 0 Å². The summed E-state index contributed by atoms with van der Waals surface area (Å²) in [5.41, 5.74) is -0.423. The van der Waals surface area contributed by atoms with E-state index in [4.69, 9.17) is 9.26 Å². The van der Waals surface area contributed by atoms with E-state index in [0.29, 0.717) is 18.3 Å². The maximum Gasteiger partial charge on any atom is 0.232 e. The molecule has 1 aliphatic heterocycles. The third kappa shape index (κ3) is 1.97. The summed E-state index contributed by atoms with van der Waals surface area (Å²) in [5.74, 6) is 1.77. The number of rotatable bonds is 5. The second-order valence-electron chi connectivity index (χ2n) is 4.33. The fourth-order valence-electron chi connectivity index (χ4n) is 1.72. The van der Waals surface area contributed by atoms with Gasteiger partial charge in [0, 0.05) is 19.7 Å². The van der Waals surface area contributed by atoms with Gasteiger partial charge in [-0.15, -0.1) is 0 Å². The first-order valence-electron chi connectivity index (χ1n) is 5.88. The Morgan fingerprint density at radius 2 is 2.25 bits per heavy atom. The molecule has 0 amide bonds. The van der Waals surface area contributed by atoms with Gasteiger partial charge in [-0.2, -0.15) is 4.98 Å². The standard InChI is InChI=1S/C11H19N3O2/c1-4-11(3,15-5-2)10-13-9(16-14-10)8-6-12-7-8/h8,12H,4-7H2,1-3H3. The molecule has 1 unspecified atom stereocenters. The summed E-state index contributed by atoms with van der Waals surface area (Å²) < 4.78 is 11.0. The van der Waals surface area contributed by atoms with E-state index in [1.165, 1.54) is 0 Å². The van der Waals surface area contributed by atoms with Crippen molar-refractivity contribution in [2.24, 2.45) is 0 Å². The molecule has 2 rings (SSSR count). The van der Waals surface area contributed by atoms with E-state index in [9.17, 15) is 0 Å². The zero-order chi connectivity index (χ0) is 11.6. The molecule has 1 aromatic rings. The van der Waals surface area contributed by atoms with Crippen molar-refractivity contribution in [2.75, 3.05) is 19.7 Å². The number of hydrogen-bond donors (Lipinski definition) is 1. The molecule has 0 saturated carbocycles. The zero-order valence-corrected chi connectivity index (χ0v) is 10.1. The van der Waals surface area contributed by atoms with Crippen LogP contribution in [-0.4, -0.2) is 29.8 Å². The molecule has 1 saturated heterocycles. The van der Waals surface area contributed by atoms with Gasteiger partial charge in [0.05, 0.1) is 5.92 Å². The fourth-order valence-corrected chi connectivity index (χ4v) is 1.72. The highest BCUT2D eigenvalue weighted by atomic mass is 16.5. The summed E-state index contributed by atoms with van der Waals surface area (Å²) >= 11 is 0. The number of nitrogens with zero attached hydrogens (tertiary/aromatic N) is 2. The van der Waals surface area contributed by atoms with Crippen molar-refractivity contribution in [3.05, 3.63) is 11.7 Å². The molecule has 5 heteroatoms. The molecular formula is C11H19N3O2. The molecule has 1 aromatic heterocycles. The van der Waals surface area contributed by atoms with Gasteiger partial charge in [-0.05, 0) is 20.3 Å². The molecule has 5 nitrogen and oxygen atoms in total. The summed E-state index contributed by atoms with van der Waals surface area (Å²) in [6.45, 7) is 8.56. The van der Waals surface area contributed by atoms with Gasteiger partial charge >= 0.3 is 0 Å². The Morgan fingerprint density at radius 3 is 2.75 bits per heavy atom. The third-order valence-corrected chi connectivity index (χ3v) is 3.18. The zero-order valence-electron chi connectivity index (χ0n) is 10.1. The van der Waals surface area contributed by atoms with E-state index < -0.39 is 5.60 Å². The molecule has 0 spiro atoms. The predicted octanol–water partition coefficient (Wildman–Crippen LogP) is 1.42. The number of ether oxygens (including phenoxy) is 1. The van der Waals surface area contributed by atoms with Crippen molar-refractivity contribution < 1.29 is 9.26 Å². The van der Waals surface area contributed by atoms with Crippen LogP contribution in [0.3, 0.4) is 0 Å². The predicted molar refractivity (Wildman–Crippen MR) is 59.2 cm³/mol. The van der Waals surface area contributed by atoms with E-state index in [1.54, 1.807) is 0 Å². The van der Waals surface area contributed by atoms with Gasteiger partial charge in [0.2, 0.25) is 11.7 Å². The Kier molecular flexibility index (Phi) is 3.25. The monoisotopic (exact) mass is 225 g/mol. The lowest BCUT2D eigenvalue weighted by Crippen LogP contribution is -2.40. The van der Waals surface area contributed by atoms with Crippen LogP contribution in [0.25, 0.3) is 0 Å². The maximum atomic E-state index is 5.71. The van der Waals surface area contributed by atoms with Gasteiger partial charge in [0.1, 0.15) is 5.60 Å². The first-order valence-corrected chi connectivity index (χ1v) is 5.88. The van der Waals surface area contributed by atoms with Crippen molar-refractivity contribution in [3.8, 4) is 0 Å². The normalized spacial score (nSPS) is 20.4. The van der Waals surface area contributed by atoms with Crippen molar-refractivity contribution in [1.82, 2.24) is 15.5 Å². The van der Waals surface area contributed by atoms with Crippen molar-refractivity contribution in [2.45, 2.75) is 38.7 Å². The van der Waals surface area contributed by atoms with Crippen LogP contribution in [0.4, 0.5) is 0 Å². The molecular weight excluding hydrogens is 206 g/mol. The minimum Gasteiger partial charge on any atom is -0.367 e. The Hall–Kier alpha value is -0.940. The van der Waals surface area contributed by atoms with Crippen LogP contribution in [0.5, 0.6) is 0 Å². The van der Waals surface area contributed by atoms with Gasteiger partial charge in [0.15, 0.2) is 0 Å². The molecule has 2 heterocycles. The molecule has 0 bridgehead atoms. The second kappa shape index (κ2) is 4.51. The molecule has 1 N–H and O–H groups in total. The molecule has 16 heavy (non-hydrogen) atoms. The van der Waals surface area contributed by atoms with Crippen LogP contribution in [0.1, 0.15) is 44.8 Å². The van der Waals surface area contributed by atoms with Crippen molar-refractivity contribution in [1.29, 1.82) is 0 Å². The molecule has 0 radical (unpaired) electrons. The second-order valence-corrected chi connectivity index (χ2v) is 4.33. The Bertz CT molecular complexity index is 349. The van der Waals surface area contributed by atoms with E-state index >= 15 is 0 Å². The third-order valence-electron chi connectivity index (χ3n) is 3.18. The highest BCUT2D eigenvalue weighted by Gasteiger charge is 2.33. The smallest absolute Gasteiger partial charge is 0.232 e.